The number of allylic oxidation sites excluding steroid dienone is 3. The number of ketones is 1. The van der Waals surface area contributed by atoms with Crippen LogP contribution in [0.25, 0.3) is 0 Å². The first-order chi connectivity index (χ1) is 14.2. The molecule has 0 spiro atoms. The molecule has 160 valence electrons. The predicted molar refractivity (Wildman–Crippen MR) is 126 cm³/mol. The van der Waals surface area contributed by atoms with Gasteiger partial charge in [0.2, 0.25) is 0 Å². The quantitative estimate of drug-likeness (QED) is 0.407. The Kier molecular flexibility index (Phi) is 6.11. The summed E-state index contributed by atoms with van der Waals surface area (Å²) in [4.78, 5) is 26.7. The van der Waals surface area contributed by atoms with E-state index in [-0.39, 0.29) is 29.2 Å². The van der Waals surface area contributed by atoms with E-state index in [2.05, 4.69) is 47.8 Å². The second-order valence-electron chi connectivity index (χ2n) is 9.65. The van der Waals surface area contributed by atoms with Gasteiger partial charge in [0.15, 0.2) is 5.78 Å². The highest BCUT2D eigenvalue weighted by Gasteiger charge is 2.43. The predicted octanol–water partition coefficient (Wildman–Crippen LogP) is 5.77. The van der Waals surface area contributed by atoms with E-state index in [9.17, 15) is 9.59 Å². The van der Waals surface area contributed by atoms with E-state index < -0.39 is 0 Å². The number of rotatable bonds is 3. The zero-order valence-electron chi connectivity index (χ0n) is 18.0. The van der Waals surface area contributed by atoms with Gasteiger partial charge in [-0.05, 0) is 84.7 Å². The standard InChI is InChI=1S/C25H30INO3/c1-15-21(24(29)30-18-10-5-4-6-11-18)22(16-8-7-9-17(26)12-16)23-19(27-15)13-25(2,3)14-20(23)28/h7-9,12,18,22,27H,4-6,10-11,13-14H2,1-3H3/t22-/m1/s1. The van der Waals surface area contributed by atoms with Crippen LogP contribution in [0.2, 0.25) is 0 Å². The van der Waals surface area contributed by atoms with Crippen molar-refractivity contribution in [2.45, 2.75) is 77.7 Å². The lowest BCUT2D eigenvalue weighted by atomic mass is 9.68. The molecule has 0 aromatic heterocycles. The highest BCUT2D eigenvalue weighted by Crippen LogP contribution is 2.47. The number of hydrogen-bond acceptors (Lipinski definition) is 4. The van der Waals surface area contributed by atoms with Crippen LogP contribution in [-0.4, -0.2) is 17.9 Å². The summed E-state index contributed by atoms with van der Waals surface area (Å²) in [5, 5.41) is 3.42. The molecule has 1 heterocycles. The number of halogens is 1. The molecule has 1 aromatic rings. The van der Waals surface area contributed by atoms with Gasteiger partial charge in [-0.25, -0.2) is 4.79 Å². The third kappa shape index (κ3) is 4.36. The lowest BCUT2D eigenvalue weighted by Crippen LogP contribution is -2.39. The molecule has 0 amide bonds. The maximum atomic E-state index is 13.4. The van der Waals surface area contributed by atoms with Crippen molar-refractivity contribution in [3.8, 4) is 0 Å². The normalized spacial score (nSPS) is 24.4. The highest BCUT2D eigenvalue weighted by molar-refractivity contribution is 14.1. The topological polar surface area (TPSA) is 55.4 Å². The zero-order chi connectivity index (χ0) is 21.5. The molecule has 1 saturated carbocycles. The van der Waals surface area contributed by atoms with Crippen molar-refractivity contribution in [1.29, 1.82) is 0 Å². The van der Waals surface area contributed by atoms with Crippen molar-refractivity contribution in [3.05, 3.63) is 55.9 Å². The van der Waals surface area contributed by atoms with E-state index >= 15 is 0 Å². The number of benzene rings is 1. The number of Topliss-reactive ketones (excluding diaryl/α,β-unsaturated/α-hetero) is 1. The van der Waals surface area contributed by atoms with Crippen LogP contribution in [0.3, 0.4) is 0 Å². The van der Waals surface area contributed by atoms with Crippen LogP contribution in [-0.2, 0) is 14.3 Å². The molecule has 3 aliphatic rings. The van der Waals surface area contributed by atoms with Gasteiger partial charge in [0, 0.05) is 32.9 Å². The first kappa shape index (κ1) is 21.6. The molecular weight excluding hydrogens is 489 g/mol. The van der Waals surface area contributed by atoms with Gasteiger partial charge in [0.1, 0.15) is 6.10 Å². The van der Waals surface area contributed by atoms with Crippen molar-refractivity contribution in [2.75, 3.05) is 0 Å². The molecule has 5 heteroatoms. The number of dihydropyridines is 1. The Hall–Kier alpha value is -1.63. The van der Waals surface area contributed by atoms with Crippen molar-refractivity contribution < 1.29 is 14.3 Å². The largest absolute Gasteiger partial charge is 0.459 e. The Bertz CT molecular complexity index is 937. The summed E-state index contributed by atoms with van der Waals surface area (Å²) < 4.78 is 7.06. The third-order valence-electron chi connectivity index (χ3n) is 6.47. The van der Waals surface area contributed by atoms with Crippen molar-refractivity contribution in [3.63, 3.8) is 0 Å². The van der Waals surface area contributed by atoms with E-state index in [1.807, 2.05) is 25.1 Å². The number of hydrogen-bond donors (Lipinski definition) is 1. The van der Waals surface area contributed by atoms with Gasteiger partial charge in [-0.2, -0.15) is 0 Å². The summed E-state index contributed by atoms with van der Waals surface area (Å²) in [6.45, 7) is 6.19. The summed E-state index contributed by atoms with van der Waals surface area (Å²) in [6, 6.07) is 8.13. The van der Waals surface area contributed by atoms with Gasteiger partial charge >= 0.3 is 5.97 Å². The summed E-state index contributed by atoms with van der Waals surface area (Å²) >= 11 is 2.29. The minimum absolute atomic E-state index is 0.0144. The van der Waals surface area contributed by atoms with Crippen LogP contribution in [0.15, 0.2) is 46.8 Å². The monoisotopic (exact) mass is 519 g/mol. The van der Waals surface area contributed by atoms with Crippen molar-refractivity contribution in [1.82, 2.24) is 5.32 Å². The van der Waals surface area contributed by atoms with E-state index in [1.165, 1.54) is 6.42 Å². The molecule has 1 aromatic carbocycles. The average Bonchev–Trinajstić information content (AvgIpc) is 2.66. The fourth-order valence-corrected chi connectivity index (χ4v) is 5.69. The van der Waals surface area contributed by atoms with Gasteiger partial charge < -0.3 is 10.1 Å². The van der Waals surface area contributed by atoms with Gasteiger partial charge in [-0.15, -0.1) is 0 Å². The molecule has 1 aliphatic heterocycles. The van der Waals surface area contributed by atoms with E-state index in [0.29, 0.717) is 12.0 Å². The van der Waals surface area contributed by atoms with Gasteiger partial charge in [0.05, 0.1) is 5.57 Å². The molecular formula is C25H30INO3. The summed E-state index contributed by atoms with van der Waals surface area (Å²) in [5.41, 5.74) is 4.01. The molecule has 2 aliphatic carbocycles. The number of carbonyl (C=O) groups is 2. The first-order valence-corrected chi connectivity index (χ1v) is 12.0. The molecule has 1 N–H and O–H groups in total. The number of ether oxygens (including phenoxy) is 1. The molecule has 4 rings (SSSR count). The second-order valence-corrected chi connectivity index (χ2v) is 10.9. The van der Waals surface area contributed by atoms with E-state index in [4.69, 9.17) is 4.74 Å². The molecule has 30 heavy (non-hydrogen) atoms. The molecule has 4 nitrogen and oxygen atoms in total. The lowest BCUT2D eigenvalue weighted by molar-refractivity contribution is -0.146. The second kappa shape index (κ2) is 8.48. The minimum atomic E-state index is -0.365. The third-order valence-corrected chi connectivity index (χ3v) is 7.14. The van der Waals surface area contributed by atoms with Crippen LogP contribution < -0.4 is 5.32 Å². The van der Waals surface area contributed by atoms with Crippen LogP contribution in [0, 0.1) is 8.99 Å². The number of nitrogens with one attached hydrogen (secondary N) is 1. The SMILES string of the molecule is CC1=C(C(=O)OC2CCCCC2)[C@@H](c2cccc(I)c2)C2=C(CC(C)(C)CC2=O)N1. The summed E-state index contributed by atoms with van der Waals surface area (Å²) in [6.07, 6.45) is 6.58. The molecule has 1 fully saturated rings. The smallest absolute Gasteiger partial charge is 0.337 e. The molecule has 1 atom stereocenters. The Morgan fingerprint density at radius 1 is 1.17 bits per heavy atom. The van der Waals surface area contributed by atoms with Crippen LogP contribution >= 0.6 is 22.6 Å². The lowest BCUT2D eigenvalue weighted by Gasteiger charge is -2.39. The molecule has 0 radical (unpaired) electrons. The fraction of sp³-hybridized carbons (Fsp3) is 0.520. The van der Waals surface area contributed by atoms with Crippen molar-refractivity contribution >= 4 is 34.3 Å². The van der Waals surface area contributed by atoms with E-state index in [0.717, 1.165) is 58.2 Å². The minimum Gasteiger partial charge on any atom is -0.459 e. The Morgan fingerprint density at radius 3 is 2.60 bits per heavy atom. The maximum Gasteiger partial charge on any atom is 0.337 e. The van der Waals surface area contributed by atoms with E-state index in [1.54, 1.807) is 0 Å². The Balaban J connectivity index is 1.76. The van der Waals surface area contributed by atoms with Gasteiger partial charge in [0.25, 0.3) is 0 Å². The van der Waals surface area contributed by atoms with Crippen LogP contribution in [0.4, 0.5) is 0 Å². The molecule has 0 unspecified atom stereocenters. The molecule has 0 saturated heterocycles. The van der Waals surface area contributed by atoms with Crippen LogP contribution in [0.1, 0.15) is 77.2 Å². The molecule has 0 bridgehead atoms. The summed E-state index contributed by atoms with van der Waals surface area (Å²) in [5.74, 6) is -0.510. The number of esters is 1. The first-order valence-electron chi connectivity index (χ1n) is 11.0. The summed E-state index contributed by atoms with van der Waals surface area (Å²) in [7, 11) is 0. The van der Waals surface area contributed by atoms with Crippen LogP contribution in [0.5, 0.6) is 0 Å². The Labute approximate surface area is 192 Å². The zero-order valence-corrected chi connectivity index (χ0v) is 20.2. The Morgan fingerprint density at radius 2 is 1.90 bits per heavy atom. The maximum absolute atomic E-state index is 13.4. The van der Waals surface area contributed by atoms with Gasteiger partial charge in [-0.1, -0.05) is 32.4 Å². The highest BCUT2D eigenvalue weighted by atomic mass is 127. The average molecular weight is 519 g/mol. The van der Waals surface area contributed by atoms with Crippen molar-refractivity contribution in [2.24, 2.45) is 5.41 Å². The fourth-order valence-electron chi connectivity index (χ4n) is 5.12. The number of carbonyl (C=O) groups excluding carboxylic acids is 2. The van der Waals surface area contributed by atoms with Gasteiger partial charge in [-0.3, -0.25) is 4.79 Å².